The average molecular weight is 460 g/mol. The van der Waals surface area contributed by atoms with Crippen molar-refractivity contribution in [2.75, 3.05) is 45.7 Å². The number of fused-ring (bicyclic) bond motifs is 1. The Morgan fingerprint density at radius 2 is 1.85 bits per heavy atom. The van der Waals surface area contributed by atoms with E-state index in [0.717, 1.165) is 49.4 Å². The standard InChI is InChI=1S/C25H29N7O2/c1-30-10-12-32(13-11-30)15-17-4-6-18(7-5-17)24(33)29-25-27-22-20(19-14-26-31(2)16-19)8-9-21(34-3)23(22)28-25/h4-9,14,16H,10-13,15H2,1-3H3,(H2,27,28,29,33). The van der Waals surface area contributed by atoms with Crippen molar-refractivity contribution in [2.24, 2.45) is 7.05 Å². The van der Waals surface area contributed by atoms with Gasteiger partial charge in [0.05, 0.1) is 13.3 Å². The van der Waals surface area contributed by atoms with E-state index in [4.69, 9.17) is 4.74 Å². The number of aromatic amines is 1. The lowest BCUT2D eigenvalue weighted by molar-refractivity contribution is 0.102. The molecule has 0 bridgehead atoms. The van der Waals surface area contributed by atoms with Gasteiger partial charge < -0.3 is 14.6 Å². The van der Waals surface area contributed by atoms with Crippen molar-refractivity contribution >= 4 is 22.9 Å². The number of rotatable bonds is 6. The van der Waals surface area contributed by atoms with Gasteiger partial charge in [-0.15, -0.1) is 0 Å². The van der Waals surface area contributed by atoms with Gasteiger partial charge >= 0.3 is 0 Å². The molecule has 0 unspecified atom stereocenters. The molecular weight excluding hydrogens is 430 g/mol. The summed E-state index contributed by atoms with van der Waals surface area (Å²) in [5.41, 5.74) is 5.08. The number of amides is 1. The Hall–Kier alpha value is -3.69. The maximum Gasteiger partial charge on any atom is 0.257 e. The van der Waals surface area contributed by atoms with E-state index < -0.39 is 0 Å². The SMILES string of the molecule is COc1ccc(-c2cnn(C)c2)c2nc(NC(=O)c3ccc(CN4CCN(C)CC4)cc3)[nH]c12. The van der Waals surface area contributed by atoms with Crippen LogP contribution in [-0.4, -0.2) is 75.8 Å². The number of hydrogen-bond acceptors (Lipinski definition) is 6. The normalized spacial score (nSPS) is 15.0. The lowest BCUT2D eigenvalue weighted by Gasteiger charge is -2.32. The van der Waals surface area contributed by atoms with Crippen LogP contribution >= 0.6 is 0 Å². The number of piperazine rings is 1. The van der Waals surface area contributed by atoms with E-state index in [1.165, 1.54) is 5.56 Å². The topological polar surface area (TPSA) is 91.3 Å². The van der Waals surface area contributed by atoms with Gasteiger partial charge in [0.25, 0.3) is 5.91 Å². The summed E-state index contributed by atoms with van der Waals surface area (Å²) in [7, 11) is 5.64. The third-order valence-electron chi connectivity index (χ3n) is 6.29. The molecule has 0 saturated carbocycles. The highest BCUT2D eigenvalue weighted by molar-refractivity contribution is 6.05. The molecule has 1 fully saturated rings. The molecule has 0 aliphatic carbocycles. The van der Waals surface area contributed by atoms with Crippen molar-refractivity contribution in [1.29, 1.82) is 0 Å². The second-order valence-electron chi connectivity index (χ2n) is 8.76. The molecule has 4 aromatic rings. The Kier molecular flexibility index (Phi) is 6.04. The highest BCUT2D eigenvalue weighted by Gasteiger charge is 2.17. The fourth-order valence-electron chi connectivity index (χ4n) is 4.30. The Morgan fingerprint density at radius 3 is 2.53 bits per heavy atom. The number of ether oxygens (including phenoxy) is 1. The molecule has 2 N–H and O–H groups in total. The van der Waals surface area contributed by atoms with Crippen molar-refractivity contribution in [2.45, 2.75) is 6.54 Å². The van der Waals surface area contributed by atoms with Crippen LogP contribution in [0.4, 0.5) is 5.95 Å². The third-order valence-corrected chi connectivity index (χ3v) is 6.29. The first kappa shape index (κ1) is 22.1. The van der Waals surface area contributed by atoms with Crippen LogP contribution in [0.15, 0.2) is 48.8 Å². The van der Waals surface area contributed by atoms with Crippen LogP contribution in [0.25, 0.3) is 22.2 Å². The smallest absolute Gasteiger partial charge is 0.257 e. The predicted octanol–water partition coefficient (Wildman–Crippen LogP) is 2.97. The van der Waals surface area contributed by atoms with Gasteiger partial charge in [0.15, 0.2) is 0 Å². The summed E-state index contributed by atoms with van der Waals surface area (Å²) < 4.78 is 7.24. The largest absolute Gasteiger partial charge is 0.494 e. The number of hydrogen-bond donors (Lipinski definition) is 2. The minimum Gasteiger partial charge on any atom is -0.494 e. The zero-order chi connectivity index (χ0) is 23.7. The van der Waals surface area contributed by atoms with Gasteiger partial charge in [0, 0.05) is 62.7 Å². The molecule has 2 aromatic carbocycles. The summed E-state index contributed by atoms with van der Waals surface area (Å²) in [4.78, 5) is 25.5. The lowest BCUT2D eigenvalue weighted by atomic mass is 10.1. The van der Waals surface area contributed by atoms with E-state index in [-0.39, 0.29) is 5.91 Å². The molecule has 1 amide bonds. The first-order valence-electron chi connectivity index (χ1n) is 11.4. The van der Waals surface area contributed by atoms with Crippen LogP contribution in [0.3, 0.4) is 0 Å². The van der Waals surface area contributed by atoms with Crippen molar-refractivity contribution < 1.29 is 9.53 Å². The summed E-state index contributed by atoms with van der Waals surface area (Å²) in [6.07, 6.45) is 3.72. The van der Waals surface area contributed by atoms with E-state index in [2.05, 4.69) is 37.2 Å². The molecule has 3 heterocycles. The minimum atomic E-state index is -0.216. The Bertz CT molecular complexity index is 1300. The van der Waals surface area contributed by atoms with E-state index in [1.807, 2.05) is 49.6 Å². The van der Waals surface area contributed by atoms with E-state index in [0.29, 0.717) is 22.8 Å². The van der Waals surface area contributed by atoms with E-state index >= 15 is 0 Å². The molecule has 5 rings (SSSR count). The highest BCUT2D eigenvalue weighted by atomic mass is 16.5. The maximum absolute atomic E-state index is 12.9. The second-order valence-corrected chi connectivity index (χ2v) is 8.76. The Balaban J connectivity index is 1.33. The van der Waals surface area contributed by atoms with Gasteiger partial charge in [-0.05, 0) is 36.9 Å². The minimum absolute atomic E-state index is 0.216. The van der Waals surface area contributed by atoms with Gasteiger partial charge in [0.2, 0.25) is 5.95 Å². The van der Waals surface area contributed by atoms with Crippen LogP contribution in [0, 0.1) is 0 Å². The number of aromatic nitrogens is 4. The molecule has 0 radical (unpaired) electrons. The van der Waals surface area contributed by atoms with E-state index in [9.17, 15) is 4.79 Å². The zero-order valence-electron chi connectivity index (χ0n) is 19.7. The highest BCUT2D eigenvalue weighted by Crippen LogP contribution is 2.33. The first-order valence-corrected chi connectivity index (χ1v) is 11.4. The number of benzene rings is 2. The third kappa shape index (κ3) is 4.52. The van der Waals surface area contributed by atoms with E-state index in [1.54, 1.807) is 18.0 Å². The van der Waals surface area contributed by atoms with Gasteiger partial charge in [-0.3, -0.25) is 19.7 Å². The summed E-state index contributed by atoms with van der Waals surface area (Å²) in [5.74, 6) is 0.812. The van der Waals surface area contributed by atoms with Gasteiger partial charge in [0.1, 0.15) is 16.8 Å². The number of carbonyl (C=O) groups is 1. The second kappa shape index (κ2) is 9.28. The van der Waals surface area contributed by atoms with Crippen LogP contribution in [0.2, 0.25) is 0 Å². The number of H-pyrrole nitrogens is 1. The number of likely N-dealkylation sites (N-methyl/N-ethyl adjacent to an activating group) is 1. The molecule has 9 heteroatoms. The van der Waals surface area contributed by atoms with Crippen LogP contribution in [0.5, 0.6) is 5.75 Å². The molecule has 1 saturated heterocycles. The number of aryl methyl sites for hydroxylation is 1. The number of methoxy groups -OCH3 is 1. The molecule has 2 aromatic heterocycles. The Labute approximate surface area is 198 Å². The van der Waals surface area contributed by atoms with Crippen molar-refractivity contribution in [3.8, 4) is 16.9 Å². The van der Waals surface area contributed by atoms with Gasteiger partial charge in [-0.2, -0.15) is 5.10 Å². The summed E-state index contributed by atoms with van der Waals surface area (Å²) in [6.45, 7) is 5.21. The van der Waals surface area contributed by atoms with Gasteiger partial charge in [-0.25, -0.2) is 4.98 Å². The van der Waals surface area contributed by atoms with Crippen LogP contribution < -0.4 is 10.1 Å². The molecule has 176 valence electrons. The zero-order valence-corrected chi connectivity index (χ0v) is 19.7. The summed E-state index contributed by atoms with van der Waals surface area (Å²) in [6, 6.07) is 11.6. The fourth-order valence-corrected chi connectivity index (χ4v) is 4.30. The Morgan fingerprint density at radius 1 is 1.09 bits per heavy atom. The monoisotopic (exact) mass is 459 g/mol. The number of anilines is 1. The molecule has 0 atom stereocenters. The number of imidazole rings is 1. The number of nitrogens with one attached hydrogen (secondary N) is 2. The molecule has 1 aliphatic rings. The number of carbonyl (C=O) groups excluding carboxylic acids is 1. The van der Waals surface area contributed by atoms with Crippen molar-refractivity contribution in [3.63, 3.8) is 0 Å². The van der Waals surface area contributed by atoms with Gasteiger partial charge in [-0.1, -0.05) is 12.1 Å². The van der Waals surface area contributed by atoms with Crippen molar-refractivity contribution in [3.05, 3.63) is 59.9 Å². The average Bonchev–Trinajstić information content (AvgIpc) is 3.46. The fraction of sp³-hybridized carbons (Fsp3) is 0.320. The molecular formula is C25H29N7O2. The predicted molar refractivity (Wildman–Crippen MR) is 132 cm³/mol. The van der Waals surface area contributed by atoms with Crippen LogP contribution in [0.1, 0.15) is 15.9 Å². The molecule has 1 aliphatic heterocycles. The lowest BCUT2D eigenvalue weighted by Crippen LogP contribution is -2.43. The maximum atomic E-state index is 12.9. The summed E-state index contributed by atoms with van der Waals surface area (Å²) >= 11 is 0. The summed E-state index contributed by atoms with van der Waals surface area (Å²) in [5, 5.41) is 7.15. The molecule has 0 spiro atoms. The quantitative estimate of drug-likeness (QED) is 0.461. The van der Waals surface area contributed by atoms with Crippen molar-refractivity contribution in [1.82, 2.24) is 29.5 Å². The number of nitrogens with zero attached hydrogens (tertiary/aromatic N) is 5. The van der Waals surface area contributed by atoms with Crippen LogP contribution in [-0.2, 0) is 13.6 Å². The first-order chi connectivity index (χ1) is 16.5. The molecule has 9 nitrogen and oxygen atoms in total. The molecule has 34 heavy (non-hydrogen) atoms.